The summed E-state index contributed by atoms with van der Waals surface area (Å²) in [6.07, 6.45) is 3.11. The van der Waals surface area contributed by atoms with Gasteiger partial charge >= 0.3 is 0 Å². The number of ether oxygens (including phenoxy) is 1. The van der Waals surface area contributed by atoms with Crippen LogP contribution in [0.5, 0.6) is 0 Å². The molecule has 2 aromatic heterocycles. The van der Waals surface area contributed by atoms with E-state index in [9.17, 15) is 0 Å². The number of aromatic nitrogens is 4. The molecule has 1 aliphatic rings. The zero-order chi connectivity index (χ0) is 14.7. The second kappa shape index (κ2) is 6.89. The Bertz CT molecular complexity index is 614. The van der Waals surface area contributed by atoms with Crippen LogP contribution in [0.25, 0.3) is 11.2 Å². The van der Waals surface area contributed by atoms with E-state index in [2.05, 4.69) is 40.8 Å². The van der Waals surface area contributed by atoms with Crippen LogP contribution >= 0.6 is 27.5 Å². The second-order valence-corrected chi connectivity index (χ2v) is 6.07. The highest BCUT2D eigenvalue weighted by molar-refractivity contribution is 9.09. The highest BCUT2D eigenvalue weighted by Gasteiger charge is 2.19. The molecule has 0 saturated carbocycles. The number of unbranched alkanes of at least 4 members (excludes halogenated alkanes) is 1. The Kier molecular flexibility index (Phi) is 4.92. The van der Waals surface area contributed by atoms with Crippen LogP contribution in [-0.2, 0) is 11.2 Å². The maximum absolute atomic E-state index is 6.04. The van der Waals surface area contributed by atoms with E-state index in [1.165, 1.54) is 0 Å². The van der Waals surface area contributed by atoms with Gasteiger partial charge in [-0.1, -0.05) is 15.9 Å². The summed E-state index contributed by atoms with van der Waals surface area (Å²) in [5.74, 6) is 1.77. The summed E-state index contributed by atoms with van der Waals surface area (Å²) < 4.78 is 5.39. The molecular weight excluding hydrogens is 358 g/mol. The van der Waals surface area contributed by atoms with Crippen molar-refractivity contribution in [1.82, 2.24) is 19.9 Å². The molecule has 21 heavy (non-hydrogen) atoms. The number of fused-ring (bicyclic) bond motifs is 1. The molecule has 114 valence electrons. The van der Waals surface area contributed by atoms with Gasteiger partial charge in [0.05, 0.1) is 13.2 Å². The number of aryl methyl sites for hydroxylation is 1. The van der Waals surface area contributed by atoms with Crippen LogP contribution in [-0.4, -0.2) is 51.6 Å². The van der Waals surface area contributed by atoms with Crippen LogP contribution < -0.4 is 4.90 Å². The molecule has 6 nitrogen and oxygen atoms in total. The van der Waals surface area contributed by atoms with Gasteiger partial charge in [0.1, 0.15) is 11.3 Å². The minimum atomic E-state index is 0.238. The van der Waals surface area contributed by atoms with Crippen LogP contribution in [0.2, 0.25) is 5.28 Å². The largest absolute Gasteiger partial charge is 0.378 e. The van der Waals surface area contributed by atoms with Gasteiger partial charge in [-0.05, 0) is 24.4 Å². The Balaban J connectivity index is 1.91. The highest BCUT2D eigenvalue weighted by Crippen LogP contribution is 2.24. The molecule has 0 amide bonds. The van der Waals surface area contributed by atoms with E-state index in [1.54, 1.807) is 0 Å². The van der Waals surface area contributed by atoms with E-state index in [0.717, 1.165) is 54.8 Å². The Hall–Kier alpha value is -0.920. The van der Waals surface area contributed by atoms with Crippen molar-refractivity contribution in [1.29, 1.82) is 0 Å². The first kappa shape index (κ1) is 15.0. The molecule has 1 aliphatic heterocycles. The number of alkyl halides is 1. The number of nitrogens with zero attached hydrogens (tertiary/aromatic N) is 4. The van der Waals surface area contributed by atoms with E-state index in [4.69, 9.17) is 16.3 Å². The number of anilines is 1. The predicted octanol–water partition coefficient (Wildman–Crippen LogP) is 2.56. The molecule has 0 aromatic carbocycles. The molecule has 0 spiro atoms. The zero-order valence-corrected chi connectivity index (χ0v) is 14.0. The number of hydrogen-bond acceptors (Lipinski definition) is 5. The van der Waals surface area contributed by atoms with Crippen molar-refractivity contribution in [3.63, 3.8) is 0 Å². The SMILES string of the molecule is Clc1nc(N2CCOCC2)c2[nH]c(CCCCBr)nc2n1. The van der Waals surface area contributed by atoms with Gasteiger partial charge in [-0.15, -0.1) is 0 Å². The fourth-order valence-electron chi connectivity index (χ4n) is 2.41. The first-order valence-corrected chi connectivity index (χ1v) is 8.58. The minimum absolute atomic E-state index is 0.238. The fourth-order valence-corrected chi connectivity index (χ4v) is 2.97. The third kappa shape index (κ3) is 3.46. The molecule has 0 unspecified atom stereocenters. The quantitative estimate of drug-likeness (QED) is 0.495. The average Bonchev–Trinajstić information content (AvgIpc) is 2.90. The van der Waals surface area contributed by atoms with Gasteiger partial charge in [-0.25, -0.2) is 4.98 Å². The van der Waals surface area contributed by atoms with Crippen LogP contribution in [0.1, 0.15) is 18.7 Å². The van der Waals surface area contributed by atoms with E-state index >= 15 is 0 Å². The lowest BCUT2D eigenvalue weighted by atomic mass is 10.2. The molecule has 0 atom stereocenters. The standard InChI is InChI=1S/C13H17BrClN5O/c14-4-2-1-3-9-16-10-11(17-9)18-13(15)19-12(10)20-5-7-21-8-6-20/h1-8H2,(H,16,17,18,19). The van der Waals surface area contributed by atoms with Crippen LogP contribution in [0.15, 0.2) is 0 Å². The third-order valence-electron chi connectivity index (χ3n) is 3.46. The van der Waals surface area contributed by atoms with Crippen molar-refractivity contribution in [2.45, 2.75) is 19.3 Å². The number of morpholine rings is 1. The summed E-state index contributed by atoms with van der Waals surface area (Å²) in [5.41, 5.74) is 1.51. The van der Waals surface area contributed by atoms with Crippen molar-refractivity contribution in [2.75, 3.05) is 36.5 Å². The van der Waals surface area contributed by atoms with Crippen molar-refractivity contribution in [3.05, 3.63) is 11.1 Å². The first-order chi connectivity index (χ1) is 10.3. The summed E-state index contributed by atoms with van der Waals surface area (Å²) in [7, 11) is 0. The van der Waals surface area contributed by atoms with Crippen LogP contribution in [0, 0.1) is 0 Å². The Morgan fingerprint density at radius 1 is 1.19 bits per heavy atom. The number of nitrogens with one attached hydrogen (secondary N) is 1. The van der Waals surface area contributed by atoms with Crippen molar-refractivity contribution < 1.29 is 4.74 Å². The molecule has 0 aliphatic carbocycles. The maximum atomic E-state index is 6.04. The normalized spacial score (nSPS) is 15.8. The Labute approximate surface area is 136 Å². The van der Waals surface area contributed by atoms with Gasteiger partial charge in [0.15, 0.2) is 11.5 Å². The number of aromatic amines is 1. The molecule has 3 heterocycles. The Morgan fingerprint density at radius 3 is 2.76 bits per heavy atom. The average molecular weight is 375 g/mol. The smallest absolute Gasteiger partial charge is 0.226 e. The molecule has 8 heteroatoms. The van der Waals surface area contributed by atoms with E-state index in [-0.39, 0.29) is 5.28 Å². The molecule has 1 saturated heterocycles. The molecular formula is C13H17BrClN5O. The van der Waals surface area contributed by atoms with E-state index in [0.29, 0.717) is 18.9 Å². The van der Waals surface area contributed by atoms with E-state index in [1.807, 2.05) is 0 Å². The summed E-state index contributed by atoms with van der Waals surface area (Å²) in [6.45, 7) is 3.02. The van der Waals surface area contributed by atoms with Crippen molar-refractivity contribution in [3.8, 4) is 0 Å². The maximum Gasteiger partial charge on any atom is 0.226 e. The Morgan fingerprint density at radius 2 is 2.00 bits per heavy atom. The molecule has 0 bridgehead atoms. The molecule has 2 aromatic rings. The molecule has 3 rings (SSSR count). The third-order valence-corrected chi connectivity index (χ3v) is 4.19. The molecule has 0 radical (unpaired) electrons. The van der Waals surface area contributed by atoms with Crippen LogP contribution in [0.3, 0.4) is 0 Å². The minimum Gasteiger partial charge on any atom is -0.378 e. The predicted molar refractivity (Wildman–Crippen MR) is 86.5 cm³/mol. The van der Waals surface area contributed by atoms with Crippen molar-refractivity contribution >= 4 is 44.5 Å². The number of rotatable bonds is 5. The van der Waals surface area contributed by atoms with Gasteiger partial charge in [-0.2, -0.15) is 9.97 Å². The van der Waals surface area contributed by atoms with Crippen molar-refractivity contribution in [2.24, 2.45) is 0 Å². The lowest BCUT2D eigenvalue weighted by Gasteiger charge is -2.27. The second-order valence-electron chi connectivity index (χ2n) is 4.94. The van der Waals surface area contributed by atoms with Gasteiger partial charge in [-0.3, -0.25) is 0 Å². The monoisotopic (exact) mass is 373 g/mol. The fraction of sp³-hybridized carbons (Fsp3) is 0.615. The lowest BCUT2D eigenvalue weighted by Crippen LogP contribution is -2.37. The number of H-pyrrole nitrogens is 1. The van der Waals surface area contributed by atoms with Gasteiger partial charge in [0, 0.05) is 24.8 Å². The number of imidazole rings is 1. The number of halogens is 2. The van der Waals surface area contributed by atoms with Gasteiger partial charge in [0.25, 0.3) is 0 Å². The zero-order valence-electron chi connectivity index (χ0n) is 11.6. The first-order valence-electron chi connectivity index (χ1n) is 7.08. The van der Waals surface area contributed by atoms with Crippen LogP contribution in [0.4, 0.5) is 5.82 Å². The summed E-state index contributed by atoms with van der Waals surface area (Å²) in [6, 6.07) is 0. The summed E-state index contributed by atoms with van der Waals surface area (Å²) >= 11 is 9.48. The highest BCUT2D eigenvalue weighted by atomic mass is 79.9. The van der Waals surface area contributed by atoms with Gasteiger partial charge < -0.3 is 14.6 Å². The topological polar surface area (TPSA) is 66.9 Å². The number of hydrogen-bond donors (Lipinski definition) is 1. The van der Waals surface area contributed by atoms with Gasteiger partial charge in [0.2, 0.25) is 5.28 Å². The van der Waals surface area contributed by atoms with E-state index < -0.39 is 0 Å². The molecule has 1 N–H and O–H groups in total. The lowest BCUT2D eigenvalue weighted by molar-refractivity contribution is 0.122. The summed E-state index contributed by atoms with van der Waals surface area (Å²) in [4.78, 5) is 18.7. The molecule has 1 fully saturated rings. The summed E-state index contributed by atoms with van der Waals surface area (Å²) in [5, 5.41) is 1.25.